The van der Waals surface area contributed by atoms with Crippen molar-refractivity contribution in [2.24, 2.45) is 0 Å². The van der Waals surface area contributed by atoms with E-state index in [1.807, 2.05) is 13.1 Å². The van der Waals surface area contributed by atoms with Crippen LogP contribution in [0.25, 0.3) is 0 Å². The second-order valence-electron chi connectivity index (χ2n) is 4.39. The summed E-state index contributed by atoms with van der Waals surface area (Å²) in [6.07, 6.45) is 0. The van der Waals surface area contributed by atoms with Crippen molar-refractivity contribution in [2.75, 3.05) is 13.6 Å². The zero-order valence-electron chi connectivity index (χ0n) is 10.8. The van der Waals surface area contributed by atoms with Crippen molar-refractivity contribution >= 4 is 0 Å². The van der Waals surface area contributed by atoms with Gasteiger partial charge in [-0.25, -0.2) is 0 Å². The van der Waals surface area contributed by atoms with Crippen LogP contribution in [-0.2, 0) is 6.54 Å². The number of nitrogens with one attached hydrogen (secondary N) is 2. The highest BCUT2D eigenvalue weighted by Crippen LogP contribution is 2.12. The van der Waals surface area contributed by atoms with Crippen molar-refractivity contribution < 1.29 is 0 Å². The summed E-state index contributed by atoms with van der Waals surface area (Å²) in [6, 6.07) is 21.4. The Morgan fingerprint density at radius 1 is 0.889 bits per heavy atom. The van der Waals surface area contributed by atoms with Crippen LogP contribution in [0, 0.1) is 0 Å². The minimum Gasteiger partial charge on any atom is -0.318 e. The second-order valence-corrected chi connectivity index (χ2v) is 4.39. The highest BCUT2D eigenvalue weighted by Gasteiger charge is 2.08. The van der Waals surface area contributed by atoms with Crippen molar-refractivity contribution in [3.05, 3.63) is 71.8 Å². The number of likely N-dealkylation sites (N-methyl/N-ethyl adjacent to an activating group) is 1. The molecule has 0 aromatic heterocycles. The molecule has 2 rings (SSSR count). The lowest BCUT2D eigenvalue weighted by molar-refractivity contribution is 0.509. The quantitative estimate of drug-likeness (QED) is 0.811. The van der Waals surface area contributed by atoms with Crippen LogP contribution in [-0.4, -0.2) is 13.6 Å². The predicted molar refractivity (Wildman–Crippen MR) is 76.4 cm³/mol. The van der Waals surface area contributed by atoms with Gasteiger partial charge in [0.1, 0.15) is 0 Å². The van der Waals surface area contributed by atoms with Crippen LogP contribution in [0.1, 0.15) is 17.2 Å². The van der Waals surface area contributed by atoms with E-state index < -0.39 is 0 Å². The van der Waals surface area contributed by atoms with Gasteiger partial charge in [-0.15, -0.1) is 0 Å². The van der Waals surface area contributed by atoms with Gasteiger partial charge in [0.05, 0.1) is 0 Å². The maximum absolute atomic E-state index is 3.59. The molecule has 2 aromatic rings. The van der Waals surface area contributed by atoms with Gasteiger partial charge in [0, 0.05) is 19.1 Å². The zero-order valence-corrected chi connectivity index (χ0v) is 10.8. The van der Waals surface area contributed by atoms with Gasteiger partial charge in [-0.05, 0) is 18.2 Å². The minimum atomic E-state index is 0.344. The third kappa shape index (κ3) is 3.69. The Labute approximate surface area is 109 Å². The summed E-state index contributed by atoms with van der Waals surface area (Å²) in [5, 5.41) is 6.83. The highest BCUT2D eigenvalue weighted by molar-refractivity contribution is 5.20. The Morgan fingerprint density at radius 3 is 2.11 bits per heavy atom. The average molecular weight is 240 g/mol. The Bertz CT molecular complexity index is 439. The first-order valence-corrected chi connectivity index (χ1v) is 6.37. The monoisotopic (exact) mass is 240 g/mol. The second kappa shape index (κ2) is 6.94. The maximum Gasteiger partial charge on any atom is 0.0449 e. The molecule has 0 aliphatic heterocycles. The molecule has 0 fully saturated rings. The fourth-order valence-corrected chi connectivity index (χ4v) is 2.03. The summed E-state index contributed by atoms with van der Waals surface area (Å²) in [7, 11) is 1.99. The largest absolute Gasteiger partial charge is 0.318 e. The number of benzene rings is 2. The summed E-state index contributed by atoms with van der Waals surface area (Å²) in [5.74, 6) is 0. The average Bonchev–Trinajstić information content (AvgIpc) is 2.45. The van der Waals surface area contributed by atoms with Crippen molar-refractivity contribution in [2.45, 2.75) is 12.6 Å². The molecule has 2 heteroatoms. The van der Waals surface area contributed by atoms with Crippen molar-refractivity contribution in [1.82, 2.24) is 10.6 Å². The molecule has 2 N–H and O–H groups in total. The molecule has 1 atom stereocenters. The van der Waals surface area contributed by atoms with Gasteiger partial charge in [0.2, 0.25) is 0 Å². The van der Waals surface area contributed by atoms with Crippen LogP contribution in [0.3, 0.4) is 0 Å². The van der Waals surface area contributed by atoms with E-state index in [2.05, 4.69) is 65.2 Å². The van der Waals surface area contributed by atoms with E-state index >= 15 is 0 Å². The van der Waals surface area contributed by atoms with Gasteiger partial charge in [-0.3, -0.25) is 0 Å². The molecule has 0 amide bonds. The summed E-state index contributed by atoms with van der Waals surface area (Å²) >= 11 is 0. The molecule has 0 bridgehead atoms. The summed E-state index contributed by atoms with van der Waals surface area (Å²) in [6.45, 7) is 1.82. The van der Waals surface area contributed by atoms with Crippen molar-refractivity contribution in [3.63, 3.8) is 0 Å². The highest BCUT2D eigenvalue weighted by atomic mass is 15.0. The van der Waals surface area contributed by atoms with Gasteiger partial charge in [-0.1, -0.05) is 60.7 Å². The Kier molecular flexibility index (Phi) is 4.94. The normalized spacial score (nSPS) is 12.3. The Balaban J connectivity index is 1.99. The molecule has 18 heavy (non-hydrogen) atoms. The van der Waals surface area contributed by atoms with Crippen LogP contribution in [0.15, 0.2) is 60.7 Å². The van der Waals surface area contributed by atoms with Crippen molar-refractivity contribution in [1.29, 1.82) is 0 Å². The molecule has 2 nitrogen and oxygen atoms in total. The molecular formula is C16H20N2. The molecule has 0 saturated heterocycles. The van der Waals surface area contributed by atoms with Gasteiger partial charge in [-0.2, -0.15) is 0 Å². The van der Waals surface area contributed by atoms with Gasteiger partial charge >= 0.3 is 0 Å². The zero-order chi connectivity index (χ0) is 12.6. The van der Waals surface area contributed by atoms with Gasteiger partial charge in [0.25, 0.3) is 0 Å². The molecule has 0 saturated carbocycles. The number of hydrogen-bond acceptors (Lipinski definition) is 2. The fourth-order valence-electron chi connectivity index (χ4n) is 2.03. The molecule has 94 valence electrons. The van der Waals surface area contributed by atoms with Crippen LogP contribution < -0.4 is 10.6 Å². The lowest BCUT2D eigenvalue weighted by atomic mass is 10.1. The van der Waals surface area contributed by atoms with E-state index in [9.17, 15) is 0 Å². The predicted octanol–water partition coefficient (Wildman–Crippen LogP) is 2.74. The lowest BCUT2D eigenvalue weighted by Gasteiger charge is -2.19. The molecule has 0 spiro atoms. The molecule has 1 unspecified atom stereocenters. The number of hydrogen-bond donors (Lipinski definition) is 2. The van der Waals surface area contributed by atoms with Crippen LogP contribution >= 0.6 is 0 Å². The molecule has 0 radical (unpaired) electrons. The molecular weight excluding hydrogens is 220 g/mol. The molecule has 0 aliphatic carbocycles. The molecule has 0 heterocycles. The van der Waals surface area contributed by atoms with E-state index in [4.69, 9.17) is 0 Å². The summed E-state index contributed by atoms with van der Waals surface area (Å²) in [4.78, 5) is 0. The minimum absolute atomic E-state index is 0.344. The third-order valence-electron chi connectivity index (χ3n) is 3.01. The van der Waals surface area contributed by atoms with Gasteiger partial charge in [0.15, 0.2) is 0 Å². The van der Waals surface area contributed by atoms with E-state index in [0.717, 1.165) is 13.1 Å². The van der Waals surface area contributed by atoms with Crippen LogP contribution in [0.4, 0.5) is 0 Å². The van der Waals surface area contributed by atoms with E-state index in [1.165, 1.54) is 11.1 Å². The smallest absolute Gasteiger partial charge is 0.0449 e. The number of rotatable bonds is 6. The first kappa shape index (κ1) is 12.8. The SMILES string of the molecule is CNCC(NCc1ccccc1)c1ccccc1. The first-order chi connectivity index (χ1) is 8.90. The summed E-state index contributed by atoms with van der Waals surface area (Å²) < 4.78 is 0. The summed E-state index contributed by atoms with van der Waals surface area (Å²) in [5.41, 5.74) is 2.64. The Hall–Kier alpha value is -1.64. The van der Waals surface area contributed by atoms with Crippen LogP contribution in [0.2, 0.25) is 0 Å². The fraction of sp³-hybridized carbons (Fsp3) is 0.250. The van der Waals surface area contributed by atoms with E-state index in [0.29, 0.717) is 6.04 Å². The third-order valence-corrected chi connectivity index (χ3v) is 3.01. The molecule has 2 aromatic carbocycles. The van der Waals surface area contributed by atoms with Gasteiger partial charge < -0.3 is 10.6 Å². The van der Waals surface area contributed by atoms with Crippen LogP contribution in [0.5, 0.6) is 0 Å². The van der Waals surface area contributed by atoms with E-state index in [1.54, 1.807) is 0 Å². The van der Waals surface area contributed by atoms with E-state index in [-0.39, 0.29) is 0 Å². The first-order valence-electron chi connectivity index (χ1n) is 6.37. The Morgan fingerprint density at radius 2 is 1.50 bits per heavy atom. The standard InChI is InChI=1S/C16H20N2/c1-17-13-16(15-10-6-3-7-11-15)18-12-14-8-4-2-5-9-14/h2-11,16-18H,12-13H2,1H3. The maximum atomic E-state index is 3.59. The van der Waals surface area contributed by atoms with Crippen molar-refractivity contribution in [3.8, 4) is 0 Å². The lowest BCUT2D eigenvalue weighted by Crippen LogP contribution is -2.29. The molecule has 0 aliphatic rings. The topological polar surface area (TPSA) is 24.1 Å².